The van der Waals surface area contributed by atoms with E-state index >= 15 is 0 Å². The molecule has 0 atom stereocenters. The number of hydrogen-bond donors (Lipinski definition) is 1. The summed E-state index contributed by atoms with van der Waals surface area (Å²) in [5.74, 6) is 1.69. The fraction of sp³-hybridized carbons (Fsp3) is 0.200. The largest absolute Gasteiger partial charge is 0.497 e. The van der Waals surface area contributed by atoms with Gasteiger partial charge in [-0.1, -0.05) is 18.3 Å². The summed E-state index contributed by atoms with van der Waals surface area (Å²) < 4.78 is 12.2. The van der Waals surface area contributed by atoms with Crippen LogP contribution in [0.5, 0.6) is 11.5 Å². The van der Waals surface area contributed by atoms with Crippen LogP contribution in [0, 0.1) is 0 Å². The summed E-state index contributed by atoms with van der Waals surface area (Å²) in [5.41, 5.74) is 2.08. The van der Waals surface area contributed by atoms with Crippen LogP contribution < -0.4 is 14.8 Å². The normalized spacial score (nSPS) is 10.9. The number of carbonyl (C=O) groups excluding carboxylic acids is 1. The van der Waals surface area contributed by atoms with E-state index in [9.17, 15) is 4.79 Å². The number of amides is 1. The van der Waals surface area contributed by atoms with Gasteiger partial charge in [0.25, 0.3) is 5.91 Å². The molecule has 0 saturated carbocycles. The van der Waals surface area contributed by atoms with Gasteiger partial charge in [0.1, 0.15) is 16.5 Å². The van der Waals surface area contributed by atoms with Crippen LogP contribution in [-0.4, -0.2) is 39.9 Å². The molecule has 0 aliphatic heterocycles. The van der Waals surface area contributed by atoms with Gasteiger partial charge < -0.3 is 14.8 Å². The monoisotopic (exact) mass is 409 g/mol. The highest BCUT2D eigenvalue weighted by atomic mass is 32.1. The highest BCUT2D eigenvalue weighted by molar-refractivity contribution is 7.19. The van der Waals surface area contributed by atoms with E-state index in [0.29, 0.717) is 22.7 Å². The summed E-state index contributed by atoms with van der Waals surface area (Å²) in [4.78, 5) is 13.4. The number of aryl methyl sites for hydroxylation is 1. The lowest BCUT2D eigenvalue weighted by Crippen LogP contribution is -2.12. The fourth-order valence-corrected chi connectivity index (χ4v) is 3.70. The molecule has 9 heteroatoms. The Morgan fingerprint density at radius 2 is 1.76 bits per heavy atom. The van der Waals surface area contributed by atoms with Gasteiger partial charge in [-0.15, -0.1) is 10.2 Å². The van der Waals surface area contributed by atoms with E-state index in [4.69, 9.17) is 9.47 Å². The summed E-state index contributed by atoms with van der Waals surface area (Å²) in [6.45, 7) is 2.02. The first-order valence-corrected chi connectivity index (χ1v) is 9.79. The third kappa shape index (κ3) is 3.77. The second kappa shape index (κ2) is 7.88. The van der Waals surface area contributed by atoms with Gasteiger partial charge in [0, 0.05) is 29.3 Å². The van der Waals surface area contributed by atoms with Gasteiger partial charge in [-0.25, -0.2) is 0 Å². The lowest BCUT2D eigenvalue weighted by Gasteiger charge is -2.09. The predicted octanol–water partition coefficient (Wildman–Crippen LogP) is 3.68. The van der Waals surface area contributed by atoms with Crippen molar-refractivity contribution in [1.82, 2.24) is 19.8 Å². The Morgan fingerprint density at radius 3 is 2.38 bits per heavy atom. The Balaban J connectivity index is 1.53. The number of methoxy groups -OCH3 is 2. The number of fused-ring (bicyclic) bond motifs is 1. The topological polar surface area (TPSA) is 90.6 Å². The SMILES string of the molecule is CCc1nnc2sc(-c3ccc(NC(=O)c4cc(OC)cc(OC)c4)cc3)nn12. The minimum atomic E-state index is -0.249. The van der Waals surface area contributed by atoms with Crippen LogP contribution in [0.1, 0.15) is 23.1 Å². The van der Waals surface area contributed by atoms with Crippen molar-refractivity contribution in [3.8, 4) is 22.1 Å². The third-order valence-corrected chi connectivity index (χ3v) is 5.32. The molecule has 0 spiro atoms. The van der Waals surface area contributed by atoms with Crippen molar-refractivity contribution in [3.63, 3.8) is 0 Å². The summed E-state index contributed by atoms with van der Waals surface area (Å²) in [6.07, 6.45) is 0.768. The highest BCUT2D eigenvalue weighted by Gasteiger charge is 2.13. The number of rotatable bonds is 6. The Hall–Kier alpha value is -3.46. The molecule has 2 heterocycles. The summed E-state index contributed by atoms with van der Waals surface area (Å²) in [6, 6.07) is 12.6. The smallest absolute Gasteiger partial charge is 0.255 e. The molecular formula is C20H19N5O3S. The van der Waals surface area contributed by atoms with Crippen LogP contribution >= 0.6 is 11.3 Å². The van der Waals surface area contributed by atoms with E-state index in [0.717, 1.165) is 27.8 Å². The van der Waals surface area contributed by atoms with E-state index < -0.39 is 0 Å². The van der Waals surface area contributed by atoms with Crippen molar-refractivity contribution in [3.05, 3.63) is 53.9 Å². The molecular weight excluding hydrogens is 390 g/mol. The van der Waals surface area contributed by atoms with Gasteiger partial charge in [0.15, 0.2) is 5.82 Å². The summed E-state index contributed by atoms with van der Waals surface area (Å²) in [5, 5.41) is 16.6. The molecule has 2 aromatic heterocycles. The number of anilines is 1. The Morgan fingerprint density at radius 1 is 1.07 bits per heavy atom. The van der Waals surface area contributed by atoms with Gasteiger partial charge in [-0.3, -0.25) is 4.79 Å². The molecule has 29 heavy (non-hydrogen) atoms. The maximum Gasteiger partial charge on any atom is 0.255 e. The van der Waals surface area contributed by atoms with Crippen LogP contribution in [0.15, 0.2) is 42.5 Å². The number of hydrogen-bond acceptors (Lipinski definition) is 7. The second-order valence-electron chi connectivity index (χ2n) is 6.20. The fourth-order valence-electron chi connectivity index (χ4n) is 2.83. The zero-order valence-corrected chi connectivity index (χ0v) is 17.0. The maximum atomic E-state index is 12.6. The Bertz CT molecular complexity index is 1140. The first-order chi connectivity index (χ1) is 14.1. The van der Waals surface area contributed by atoms with Crippen LogP contribution in [0.4, 0.5) is 5.69 Å². The summed E-state index contributed by atoms with van der Waals surface area (Å²) >= 11 is 1.47. The molecule has 4 aromatic rings. The highest BCUT2D eigenvalue weighted by Crippen LogP contribution is 2.27. The molecule has 4 rings (SSSR count). The minimum Gasteiger partial charge on any atom is -0.497 e. The number of nitrogens with zero attached hydrogens (tertiary/aromatic N) is 4. The number of aromatic nitrogens is 4. The number of ether oxygens (including phenoxy) is 2. The van der Waals surface area contributed by atoms with Crippen molar-refractivity contribution < 1.29 is 14.3 Å². The minimum absolute atomic E-state index is 0.249. The van der Waals surface area contributed by atoms with E-state index in [2.05, 4.69) is 20.6 Å². The number of benzene rings is 2. The molecule has 8 nitrogen and oxygen atoms in total. The lowest BCUT2D eigenvalue weighted by molar-refractivity contribution is 0.102. The average molecular weight is 409 g/mol. The van der Waals surface area contributed by atoms with E-state index in [1.165, 1.54) is 11.3 Å². The lowest BCUT2D eigenvalue weighted by atomic mass is 10.1. The van der Waals surface area contributed by atoms with Crippen molar-refractivity contribution in [2.45, 2.75) is 13.3 Å². The number of nitrogens with one attached hydrogen (secondary N) is 1. The Kier molecular flexibility index (Phi) is 5.13. The van der Waals surface area contributed by atoms with Crippen molar-refractivity contribution in [2.75, 3.05) is 19.5 Å². The standard InChI is InChI=1S/C20H19N5O3S/c1-4-17-22-23-20-25(17)24-19(29-20)12-5-7-14(8-6-12)21-18(26)13-9-15(27-2)11-16(10-13)28-3/h5-11H,4H2,1-3H3,(H,21,26). The quantitative estimate of drug-likeness (QED) is 0.522. The molecule has 1 amide bonds. The van der Waals surface area contributed by atoms with E-state index in [1.54, 1.807) is 36.9 Å². The average Bonchev–Trinajstić information content (AvgIpc) is 3.34. The van der Waals surface area contributed by atoms with Gasteiger partial charge in [-0.05, 0) is 36.4 Å². The molecule has 0 aliphatic rings. The van der Waals surface area contributed by atoms with E-state index in [-0.39, 0.29) is 5.91 Å². The maximum absolute atomic E-state index is 12.6. The molecule has 1 N–H and O–H groups in total. The van der Waals surface area contributed by atoms with Crippen LogP contribution in [0.3, 0.4) is 0 Å². The Labute approximate surface area is 171 Å². The zero-order chi connectivity index (χ0) is 20.4. The van der Waals surface area contributed by atoms with Crippen molar-refractivity contribution in [2.24, 2.45) is 0 Å². The van der Waals surface area contributed by atoms with Crippen molar-refractivity contribution in [1.29, 1.82) is 0 Å². The molecule has 0 radical (unpaired) electrons. The van der Waals surface area contributed by atoms with Crippen LogP contribution in [-0.2, 0) is 6.42 Å². The van der Waals surface area contributed by atoms with Gasteiger partial charge in [0.05, 0.1) is 14.2 Å². The molecule has 0 bridgehead atoms. The summed E-state index contributed by atoms with van der Waals surface area (Å²) in [7, 11) is 3.09. The van der Waals surface area contributed by atoms with Gasteiger partial charge in [-0.2, -0.15) is 9.61 Å². The van der Waals surface area contributed by atoms with E-state index in [1.807, 2.05) is 31.2 Å². The molecule has 0 aliphatic carbocycles. The second-order valence-corrected chi connectivity index (χ2v) is 7.16. The first kappa shape index (κ1) is 18.9. The predicted molar refractivity (Wildman–Crippen MR) is 111 cm³/mol. The zero-order valence-electron chi connectivity index (χ0n) is 16.2. The van der Waals surface area contributed by atoms with Crippen LogP contribution in [0.25, 0.3) is 15.5 Å². The number of carbonyl (C=O) groups is 1. The van der Waals surface area contributed by atoms with Crippen LogP contribution in [0.2, 0.25) is 0 Å². The third-order valence-electron chi connectivity index (χ3n) is 4.38. The molecule has 148 valence electrons. The molecule has 0 fully saturated rings. The van der Waals surface area contributed by atoms with Gasteiger partial charge in [0.2, 0.25) is 4.96 Å². The molecule has 0 saturated heterocycles. The van der Waals surface area contributed by atoms with Crippen molar-refractivity contribution >= 4 is 27.9 Å². The first-order valence-electron chi connectivity index (χ1n) is 8.97. The van der Waals surface area contributed by atoms with Gasteiger partial charge >= 0.3 is 0 Å². The molecule has 0 unspecified atom stereocenters. The molecule has 2 aromatic carbocycles.